The third-order valence-electron chi connectivity index (χ3n) is 2.42. The van der Waals surface area contributed by atoms with Crippen LogP contribution in [0.5, 0.6) is 0 Å². The smallest absolute Gasteiger partial charge is 0.435 e. The van der Waals surface area contributed by atoms with Crippen molar-refractivity contribution in [3.63, 3.8) is 0 Å². The van der Waals surface area contributed by atoms with Crippen molar-refractivity contribution in [2.75, 3.05) is 7.05 Å². The van der Waals surface area contributed by atoms with Gasteiger partial charge in [0, 0.05) is 18.3 Å². The zero-order valence-electron chi connectivity index (χ0n) is 9.40. The van der Waals surface area contributed by atoms with Gasteiger partial charge in [-0.25, -0.2) is 4.68 Å². The quantitative estimate of drug-likeness (QED) is 0.829. The van der Waals surface area contributed by atoms with Crippen molar-refractivity contribution in [1.82, 2.24) is 9.78 Å². The highest BCUT2D eigenvalue weighted by Crippen LogP contribution is 2.27. The molecular formula is C11H10F3N3O. The van der Waals surface area contributed by atoms with Crippen molar-refractivity contribution in [3.05, 3.63) is 47.4 Å². The molecule has 1 aromatic heterocycles. The molecule has 1 N–H and O–H groups in total. The Bertz CT molecular complexity index is 531. The molecule has 18 heavy (non-hydrogen) atoms. The predicted molar refractivity (Wildman–Crippen MR) is 58.5 cm³/mol. The largest absolute Gasteiger partial charge is 0.629 e. The topological polar surface area (TPSA) is 45.3 Å². The highest BCUT2D eigenvalue weighted by molar-refractivity contribution is 5.40. The van der Waals surface area contributed by atoms with Gasteiger partial charge in [0.25, 0.3) is 0 Å². The standard InChI is InChI=1S/C11H10F3N3O/c1-16(18)8-2-4-9(5-3-8)17-7-6-10(15-17)11(12,13)14/h2-7,16H,1H3. The number of alkyl halides is 3. The van der Waals surface area contributed by atoms with Crippen LogP contribution in [0.2, 0.25) is 0 Å². The van der Waals surface area contributed by atoms with Crippen molar-refractivity contribution in [2.45, 2.75) is 6.18 Å². The summed E-state index contributed by atoms with van der Waals surface area (Å²) in [5, 5.41) is 14.4. The summed E-state index contributed by atoms with van der Waals surface area (Å²) in [4.78, 5) is 0. The van der Waals surface area contributed by atoms with Gasteiger partial charge >= 0.3 is 6.18 Å². The maximum atomic E-state index is 12.4. The average molecular weight is 257 g/mol. The Morgan fingerprint density at radius 1 is 1.17 bits per heavy atom. The van der Waals surface area contributed by atoms with E-state index >= 15 is 0 Å². The van der Waals surface area contributed by atoms with Gasteiger partial charge in [-0.15, -0.1) is 0 Å². The van der Waals surface area contributed by atoms with Crippen molar-refractivity contribution in [3.8, 4) is 5.69 Å². The monoisotopic (exact) mass is 257 g/mol. The van der Waals surface area contributed by atoms with Gasteiger partial charge in [0.1, 0.15) is 5.69 Å². The minimum atomic E-state index is -4.45. The second-order valence-corrected chi connectivity index (χ2v) is 3.75. The lowest BCUT2D eigenvalue weighted by Crippen LogP contribution is -2.98. The Kier molecular flexibility index (Phi) is 3.10. The first-order chi connectivity index (χ1) is 8.38. The molecule has 7 heteroatoms. The number of aromatic nitrogens is 2. The minimum Gasteiger partial charge on any atom is -0.629 e. The molecule has 0 bridgehead atoms. The highest BCUT2D eigenvalue weighted by atomic mass is 19.4. The van der Waals surface area contributed by atoms with Gasteiger partial charge in [-0.3, -0.25) is 0 Å². The summed E-state index contributed by atoms with van der Waals surface area (Å²) in [5.41, 5.74) is 0.0237. The van der Waals surface area contributed by atoms with E-state index < -0.39 is 11.9 Å². The number of halogens is 3. The second kappa shape index (κ2) is 4.43. The Morgan fingerprint density at radius 3 is 2.22 bits per heavy atom. The molecule has 0 amide bonds. The van der Waals surface area contributed by atoms with Crippen LogP contribution in [0.15, 0.2) is 36.5 Å². The molecule has 1 heterocycles. The molecule has 1 unspecified atom stereocenters. The molecule has 0 spiro atoms. The molecular weight excluding hydrogens is 247 g/mol. The molecule has 0 saturated heterocycles. The zero-order chi connectivity index (χ0) is 13.3. The lowest BCUT2D eigenvalue weighted by Gasteiger charge is -2.15. The third kappa shape index (κ3) is 2.52. The summed E-state index contributed by atoms with van der Waals surface area (Å²) in [6.07, 6.45) is -3.23. The summed E-state index contributed by atoms with van der Waals surface area (Å²) in [5.74, 6) is 0. The van der Waals surface area contributed by atoms with Crippen molar-refractivity contribution in [1.29, 1.82) is 0 Å². The van der Waals surface area contributed by atoms with Crippen LogP contribution in [0.1, 0.15) is 5.69 Å². The molecule has 1 atom stereocenters. The fourth-order valence-electron chi connectivity index (χ4n) is 1.47. The number of hydrogen-bond acceptors (Lipinski definition) is 2. The molecule has 2 aromatic rings. The maximum absolute atomic E-state index is 12.4. The molecule has 0 radical (unpaired) electrons. The number of quaternary nitrogens is 1. The SMILES string of the molecule is C[NH+]([O-])c1ccc(-n2ccc(C(F)(F)F)n2)cc1. The first-order valence-corrected chi connectivity index (χ1v) is 5.12. The number of benzene rings is 1. The molecule has 0 aliphatic carbocycles. The van der Waals surface area contributed by atoms with Gasteiger partial charge in [0.05, 0.1) is 12.7 Å². The third-order valence-corrected chi connectivity index (χ3v) is 2.42. The number of nitrogens with one attached hydrogen (secondary N) is 1. The average Bonchev–Trinajstić information content (AvgIpc) is 2.78. The normalized spacial score (nSPS) is 13.6. The van der Waals surface area contributed by atoms with Gasteiger partial charge in [0.2, 0.25) is 0 Å². The van der Waals surface area contributed by atoms with Gasteiger partial charge in [-0.1, -0.05) is 0 Å². The van der Waals surface area contributed by atoms with Crippen LogP contribution in [0.3, 0.4) is 0 Å². The molecule has 0 fully saturated rings. The number of hydrogen-bond donors (Lipinski definition) is 1. The van der Waals surface area contributed by atoms with Crippen molar-refractivity contribution >= 4 is 5.69 Å². The lowest BCUT2D eigenvalue weighted by atomic mass is 10.3. The van der Waals surface area contributed by atoms with Crippen molar-refractivity contribution < 1.29 is 18.2 Å². The maximum Gasteiger partial charge on any atom is 0.435 e. The molecule has 1 aromatic carbocycles. The molecule has 0 saturated carbocycles. The summed E-state index contributed by atoms with van der Waals surface area (Å²) >= 11 is 0. The fourth-order valence-corrected chi connectivity index (χ4v) is 1.47. The van der Waals surface area contributed by atoms with Gasteiger partial charge < -0.3 is 10.3 Å². The van der Waals surface area contributed by atoms with Crippen LogP contribution in [0.25, 0.3) is 5.69 Å². The van der Waals surface area contributed by atoms with E-state index in [1.807, 2.05) is 0 Å². The van der Waals surface area contributed by atoms with Crippen LogP contribution < -0.4 is 5.06 Å². The second-order valence-electron chi connectivity index (χ2n) is 3.75. The molecule has 2 rings (SSSR count). The Hall–Kier alpha value is -1.86. The van der Waals surface area contributed by atoms with Crippen LogP contribution in [-0.2, 0) is 6.18 Å². The Labute approximate surface area is 101 Å². The Balaban J connectivity index is 2.29. The van der Waals surface area contributed by atoms with Crippen LogP contribution >= 0.6 is 0 Å². The zero-order valence-corrected chi connectivity index (χ0v) is 9.40. The fraction of sp³-hybridized carbons (Fsp3) is 0.182. The summed E-state index contributed by atoms with van der Waals surface area (Å²) < 4.78 is 38.2. The van der Waals surface area contributed by atoms with E-state index in [0.29, 0.717) is 11.4 Å². The van der Waals surface area contributed by atoms with E-state index in [1.165, 1.54) is 13.2 Å². The molecule has 4 nitrogen and oxygen atoms in total. The van der Waals surface area contributed by atoms with E-state index in [4.69, 9.17) is 0 Å². The van der Waals surface area contributed by atoms with Crippen LogP contribution in [0.4, 0.5) is 18.9 Å². The first kappa shape index (κ1) is 12.6. The minimum absolute atomic E-state index is 0.0991. The van der Waals surface area contributed by atoms with Gasteiger partial charge in [-0.05, 0) is 18.2 Å². The van der Waals surface area contributed by atoms with Gasteiger partial charge in [-0.2, -0.15) is 18.3 Å². The van der Waals surface area contributed by atoms with E-state index in [1.54, 1.807) is 24.3 Å². The number of nitrogens with zero attached hydrogens (tertiary/aromatic N) is 2. The van der Waals surface area contributed by atoms with Crippen LogP contribution in [0, 0.1) is 5.21 Å². The molecule has 0 aliphatic heterocycles. The molecule has 0 aliphatic rings. The van der Waals surface area contributed by atoms with E-state index in [9.17, 15) is 18.4 Å². The predicted octanol–water partition coefficient (Wildman–Crippen LogP) is 1.54. The van der Waals surface area contributed by atoms with E-state index in [2.05, 4.69) is 5.10 Å². The van der Waals surface area contributed by atoms with Crippen LogP contribution in [-0.4, -0.2) is 16.8 Å². The lowest BCUT2D eigenvalue weighted by molar-refractivity contribution is -0.751. The van der Waals surface area contributed by atoms with Crippen molar-refractivity contribution in [2.24, 2.45) is 0 Å². The Morgan fingerprint density at radius 2 is 1.78 bits per heavy atom. The van der Waals surface area contributed by atoms with Gasteiger partial charge in [0.15, 0.2) is 5.69 Å². The van der Waals surface area contributed by atoms with E-state index in [0.717, 1.165) is 10.7 Å². The van der Waals surface area contributed by atoms with E-state index in [-0.39, 0.29) is 5.06 Å². The summed E-state index contributed by atoms with van der Waals surface area (Å²) in [6.45, 7) is 0. The highest BCUT2D eigenvalue weighted by Gasteiger charge is 2.33. The number of rotatable bonds is 2. The summed E-state index contributed by atoms with van der Waals surface area (Å²) in [7, 11) is 1.42. The molecule has 96 valence electrons. The first-order valence-electron chi connectivity index (χ1n) is 5.12. The summed E-state index contributed by atoms with van der Waals surface area (Å²) in [6, 6.07) is 7.09. The number of hydroxylamine groups is 1.